The van der Waals surface area contributed by atoms with Crippen LogP contribution in [-0.2, 0) is 4.74 Å². The molecule has 0 spiro atoms. The summed E-state index contributed by atoms with van der Waals surface area (Å²) in [6, 6.07) is 1.11. The molecule has 1 rings (SSSR count). The lowest BCUT2D eigenvalue weighted by atomic mass is 9.88. The lowest BCUT2D eigenvalue weighted by Gasteiger charge is -2.33. The van der Waals surface area contributed by atoms with Gasteiger partial charge in [-0.25, -0.2) is 0 Å². The Kier molecular flexibility index (Phi) is 5.40. The molecule has 0 aromatic heterocycles. The molecule has 1 aliphatic rings. The van der Waals surface area contributed by atoms with E-state index in [0.717, 1.165) is 39.1 Å². The largest absolute Gasteiger partial charge is 0.383 e. The Labute approximate surface area is 86.8 Å². The van der Waals surface area contributed by atoms with Crippen molar-refractivity contribution in [2.45, 2.75) is 24.9 Å². The third kappa shape index (κ3) is 4.37. The van der Waals surface area contributed by atoms with E-state index in [9.17, 15) is 0 Å². The zero-order valence-corrected chi connectivity index (χ0v) is 9.33. The molecular weight excluding hydrogens is 178 g/mol. The van der Waals surface area contributed by atoms with Crippen molar-refractivity contribution >= 4 is 0 Å². The molecular formula is C10H23N3O. The van der Waals surface area contributed by atoms with Gasteiger partial charge in [-0.15, -0.1) is 0 Å². The standard InChI is InChI=1S/C10H23N3O/c1-13(5-6-14-2)4-3-12-10-7-9(11)8-10/h9-10,12H,3-8,11H2,1-2H3. The van der Waals surface area contributed by atoms with E-state index < -0.39 is 0 Å². The topological polar surface area (TPSA) is 50.5 Å². The van der Waals surface area contributed by atoms with Crippen LogP contribution in [0.1, 0.15) is 12.8 Å². The van der Waals surface area contributed by atoms with E-state index in [1.165, 1.54) is 0 Å². The maximum absolute atomic E-state index is 5.70. The molecule has 1 fully saturated rings. The van der Waals surface area contributed by atoms with Gasteiger partial charge in [-0.1, -0.05) is 0 Å². The fourth-order valence-electron chi connectivity index (χ4n) is 1.65. The molecule has 14 heavy (non-hydrogen) atoms. The smallest absolute Gasteiger partial charge is 0.0589 e. The van der Waals surface area contributed by atoms with Crippen molar-refractivity contribution in [3.8, 4) is 0 Å². The van der Waals surface area contributed by atoms with Crippen LogP contribution in [0.25, 0.3) is 0 Å². The number of rotatable bonds is 7. The second-order valence-corrected chi connectivity index (χ2v) is 4.18. The maximum atomic E-state index is 5.70. The van der Waals surface area contributed by atoms with E-state index in [0.29, 0.717) is 12.1 Å². The molecule has 1 aliphatic carbocycles. The highest BCUT2D eigenvalue weighted by Gasteiger charge is 2.24. The summed E-state index contributed by atoms with van der Waals surface area (Å²) in [4.78, 5) is 2.27. The number of hydrogen-bond acceptors (Lipinski definition) is 4. The number of methoxy groups -OCH3 is 1. The van der Waals surface area contributed by atoms with Crippen molar-refractivity contribution in [1.29, 1.82) is 0 Å². The van der Waals surface area contributed by atoms with Crippen LogP contribution in [0.4, 0.5) is 0 Å². The van der Waals surface area contributed by atoms with Crippen molar-refractivity contribution in [2.24, 2.45) is 5.73 Å². The third-order valence-corrected chi connectivity index (χ3v) is 2.78. The van der Waals surface area contributed by atoms with E-state index in [2.05, 4.69) is 17.3 Å². The second-order valence-electron chi connectivity index (χ2n) is 4.18. The van der Waals surface area contributed by atoms with Gasteiger partial charge in [0.05, 0.1) is 6.61 Å². The Morgan fingerprint density at radius 3 is 2.71 bits per heavy atom. The average molecular weight is 201 g/mol. The van der Waals surface area contributed by atoms with Gasteiger partial charge in [0, 0.05) is 38.8 Å². The molecule has 0 amide bonds. The first-order valence-electron chi connectivity index (χ1n) is 5.39. The predicted molar refractivity (Wildman–Crippen MR) is 58.4 cm³/mol. The van der Waals surface area contributed by atoms with E-state index in [1.54, 1.807) is 7.11 Å². The summed E-state index contributed by atoms with van der Waals surface area (Å²) in [6.45, 7) is 3.94. The molecule has 84 valence electrons. The molecule has 0 unspecified atom stereocenters. The summed E-state index contributed by atoms with van der Waals surface area (Å²) >= 11 is 0. The van der Waals surface area contributed by atoms with Crippen molar-refractivity contribution in [3.63, 3.8) is 0 Å². The maximum Gasteiger partial charge on any atom is 0.0589 e. The Morgan fingerprint density at radius 1 is 1.43 bits per heavy atom. The van der Waals surface area contributed by atoms with Gasteiger partial charge in [-0.2, -0.15) is 0 Å². The number of likely N-dealkylation sites (N-methyl/N-ethyl adjacent to an activating group) is 1. The highest BCUT2D eigenvalue weighted by atomic mass is 16.5. The van der Waals surface area contributed by atoms with Gasteiger partial charge < -0.3 is 20.7 Å². The summed E-state index contributed by atoms with van der Waals surface area (Å²) in [5.74, 6) is 0. The van der Waals surface area contributed by atoms with Gasteiger partial charge in [0.2, 0.25) is 0 Å². The highest BCUT2D eigenvalue weighted by molar-refractivity contribution is 4.87. The minimum atomic E-state index is 0.443. The van der Waals surface area contributed by atoms with Gasteiger partial charge >= 0.3 is 0 Å². The number of nitrogens with zero attached hydrogens (tertiary/aromatic N) is 1. The first-order valence-corrected chi connectivity index (χ1v) is 5.39. The second kappa shape index (κ2) is 6.35. The first-order chi connectivity index (χ1) is 6.72. The zero-order chi connectivity index (χ0) is 10.4. The molecule has 0 aliphatic heterocycles. The van der Waals surface area contributed by atoms with Crippen LogP contribution >= 0.6 is 0 Å². The van der Waals surface area contributed by atoms with Gasteiger partial charge in [-0.05, 0) is 19.9 Å². The summed E-state index contributed by atoms with van der Waals surface area (Å²) in [5.41, 5.74) is 5.70. The van der Waals surface area contributed by atoms with E-state index in [4.69, 9.17) is 10.5 Å². The Bertz CT molecular complexity index is 148. The zero-order valence-electron chi connectivity index (χ0n) is 9.33. The van der Waals surface area contributed by atoms with E-state index in [1.807, 2.05) is 0 Å². The molecule has 0 saturated heterocycles. The third-order valence-electron chi connectivity index (χ3n) is 2.78. The Hall–Kier alpha value is -0.160. The van der Waals surface area contributed by atoms with E-state index in [-0.39, 0.29) is 0 Å². The highest BCUT2D eigenvalue weighted by Crippen LogP contribution is 2.16. The molecule has 0 aromatic carbocycles. The van der Waals surface area contributed by atoms with Crippen molar-refractivity contribution < 1.29 is 4.74 Å². The van der Waals surface area contributed by atoms with Crippen LogP contribution in [0.2, 0.25) is 0 Å². The Balaban J connectivity index is 1.88. The van der Waals surface area contributed by atoms with Crippen molar-refractivity contribution in [1.82, 2.24) is 10.2 Å². The van der Waals surface area contributed by atoms with Crippen molar-refractivity contribution in [2.75, 3.05) is 40.4 Å². The normalized spacial score (nSPS) is 26.6. The SMILES string of the molecule is COCCN(C)CCNC1CC(N)C1. The fourth-order valence-corrected chi connectivity index (χ4v) is 1.65. The minimum absolute atomic E-state index is 0.443. The van der Waals surface area contributed by atoms with Crippen LogP contribution in [0.15, 0.2) is 0 Å². The lowest BCUT2D eigenvalue weighted by Crippen LogP contribution is -2.49. The summed E-state index contributed by atoms with van der Waals surface area (Å²) in [6.07, 6.45) is 2.28. The lowest BCUT2D eigenvalue weighted by molar-refractivity contribution is 0.159. The molecule has 4 nitrogen and oxygen atoms in total. The summed E-state index contributed by atoms with van der Waals surface area (Å²) < 4.78 is 5.01. The molecule has 0 heterocycles. The monoisotopic (exact) mass is 201 g/mol. The number of nitrogens with two attached hydrogens (primary N) is 1. The molecule has 1 saturated carbocycles. The van der Waals surface area contributed by atoms with Crippen molar-refractivity contribution in [3.05, 3.63) is 0 Å². The molecule has 0 atom stereocenters. The van der Waals surface area contributed by atoms with Crippen LogP contribution in [0.5, 0.6) is 0 Å². The molecule has 0 aromatic rings. The minimum Gasteiger partial charge on any atom is -0.383 e. The number of nitrogens with one attached hydrogen (secondary N) is 1. The van der Waals surface area contributed by atoms with Gasteiger partial charge in [0.15, 0.2) is 0 Å². The van der Waals surface area contributed by atoms with Crippen LogP contribution in [0, 0.1) is 0 Å². The molecule has 0 radical (unpaired) electrons. The molecule has 0 bridgehead atoms. The quantitative estimate of drug-likeness (QED) is 0.591. The van der Waals surface area contributed by atoms with Gasteiger partial charge in [0.1, 0.15) is 0 Å². The number of ether oxygens (including phenoxy) is 1. The Morgan fingerprint density at radius 2 is 2.14 bits per heavy atom. The van der Waals surface area contributed by atoms with Crippen LogP contribution in [-0.4, -0.2) is 57.4 Å². The van der Waals surface area contributed by atoms with Gasteiger partial charge in [0.25, 0.3) is 0 Å². The summed E-state index contributed by atoms with van der Waals surface area (Å²) in [5, 5.41) is 3.49. The summed E-state index contributed by atoms with van der Waals surface area (Å²) in [7, 11) is 3.86. The van der Waals surface area contributed by atoms with E-state index >= 15 is 0 Å². The van der Waals surface area contributed by atoms with Gasteiger partial charge in [-0.3, -0.25) is 0 Å². The van der Waals surface area contributed by atoms with Crippen LogP contribution in [0.3, 0.4) is 0 Å². The predicted octanol–water partition coefficient (Wildman–Crippen LogP) is -0.356. The fraction of sp³-hybridized carbons (Fsp3) is 1.00. The molecule has 3 N–H and O–H groups in total. The van der Waals surface area contributed by atoms with Crippen LogP contribution < -0.4 is 11.1 Å². The average Bonchev–Trinajstić information content (AvgIpc) is 2.12. The number of hydrogen-bond donors (Lipinski definition) is 2. The first kappa shape index (κ1) is 11.9. The molecule has 4 heteroatoms.